The molecule has 0 atom stereocenters. The fraction of sp³-hybridized carbons (Fsp3) is 0. The highest BCUT2D eigenvalue weighted by molar-refractivity contribution is 7.14. The maximum absolute atomic E-state index is 4.43. The first-order chi connectivity index (χ1) is 9.92. The minimum atomic E-state index is 0.728. The topological polar surface area (TPSA) is 63.1 Å². The van der Waals surface area contributed by atoms with Gasteiger partial charge in [-0.2, -0.15) is 5.10 Å². The Kier molecular flexibility index (Phi) is 3.75. The first-order valence-corrected chi connectivity index (χ1v) is 6.86. The number of pyridine rings is 2. The molecule has 0 bridgehead atoms. The fourth-order valence-electron chi connectivity index (χ4n) is 1.57. The second-order valence-corrected chi connectivity index (χ2v) is 4.77. The smallest absolute Gasteiger partial charge is 0.203 e. The van der Waals surface area contributed by atoms with Crippen molar-refractivity contribution in [2.24, 2.45) is 5.10 Å². The average Bonchev–Trinajstić information content (AvgIpc) is 2.98. The number of hydrogen-bond acceptors (Lipinski definition) is 6. The molecule has 1 N–H and O–H groups in total. The summed E-state index contributed by atoms with van der Waals surface area (Å²) in [4.78, 5) is 12.7. The van der Waals surface area contributed by atoms with Crippen molar-refractivity contribution in [2.45, 2.75) is 0 Å². The van der Waals surface area contributed by atoms with Crippen LogP contribution in [0, 0.1) is 0 Å². The lowest BCUT2D eigenvalue weighted by atomic mass is 10.3. The molecule has 3 aromatic rings. The van der Waals surface area contributed by atoms with Gasteiger partial charge in [0.25, 0.3) is 0 Å². The molecule has 0 aromatic carbocycles. The zero-order chi connectivity index (χ0) is 13.6. The van der Waals surface area contributed by atoms with E-state index in [-0.39, 0.29) is 0 Å². The Bertz CT molecular complexity index is 694. The molecule has 0 aliphatic heterocycles. The number of hydrazone groups is 1. The zero-order valence-electron chi connectivity index (χ0n) is 10.5. The molecule has 20 heavy (non-hydrogen) atoms. The predicted molar refractivity (Wildman–Crippen MR) is 80.8 cm³/mol. The van der Waals surface area contributed by atoms with Crippen LogP contribution in [-0.4, -0.2) is 21.2 Å². The molecule has 0 radical (unpaired) electrons. The van der Waals surface area contributed by atoms with Crippen LogP contribution in [0.5, 0.6) is 0 Å². The molecular weight excluding hydrogens is 270 g/mol. The van der Waals surface area contributed by atoms with Gasteiger partial charge in [-0.05, 0) is 18.2 Å². The summed E-state index contributed by atoms with van der Waals surface area (Å²) >= 11 is 1.49. The van der Waals surface area contributed by atoms with Crippen molar-refractivity contribution in [3.63, 3.8) is 0 Å². The molecule has 3 heterocycles. The highest BCUT2D eigenvalue weighted by Gasteiger charge is 2.03. The SMILES string of the molecule is C(=N/Nc1nc(-c2ccccn2)cs1)/c1cccnc1. The van der Waals surface area contributed by atoms with Crippen LogP contribution in [0.15, 0.2) is 59.4 Å². The van der Waals surface area contributed by atoms with E-state index in [1.54, 1.807) is 24.8 Å². The summed E-state index contributed by atoms with van der Waals surface area (Å²) < 4.78 is 0. The Balaban J connectivity index is 1.68. The van der Waals surface area contributed by atoms with Gasteiger partial charge in [0.05, 0.1) is 11.9 Å². The average molecular weight is 281 g/mol. The van der Waals surface area contributed by atoms with Crippen molar-refractivity contribution < 1.29 is 0 Å². The minimum Gasteiger partial charge on any atom is -0.264 e. The number of anilines is 1. The van der Waals surface area contributed by atoms with Crippen LogP contribution in [-0.2, 0) is 0 Å². The van der Waals surface area contributed by atoms with E-state index >= 15 is 0 Å². The first-order valence-electron chi connectivity index (χ1n) is 5.98. The second-order valence-electron chi connectivity index (χ2n) is 3.91. The van der Waals surface area contributed by atoms with E-state index in [1.165, 1.54) is 11.3 Å². The Hall–Kier alpha value is -2.60. The molecule has 6 heteroatoms. The minimum absolute atomic E-state index is 0.728. The summed E-state index contributed by atoms with van der Waals surface area (Å²) in [6.45, 7) is 0. The van der Waals surface area contributed by atoms with Crippen LogP contribution in [0.25, 0.3) is 11.4 Å². The third kappa shape index (κ3) is 3.04. The van der Waals surface area contributed by atoms with Gasteiger partial charge in [-0.15, -0.1) is 11.3 Å². The number of rotatable bonds is 4. The van der Waals surface area contributed by atoms with Gasteiger partial charge in [-0.25, -0.2) is 4.98 Å². The second kappa shape index (κ2) is 6.03. The van der Waals surface area contributed by atoms with Crippen molar-refractivity contribution in [2.75, 3.05) is 5.43 Å². The maximum Gasteiger partial charge on any atom is 0.203 e. The van der Waals surface area contributed by atoms with Gasteiger partial charge in [-0.1, -0.05) is 12.1 Å². The van der Waals surface area contributed by atoms with Crippen LogP contribution in [0.2, 0.25) is 0 Å². The van der Waals surface area contributed by atoms with Crippen molar-refractivity contribution >= 4 is 22.7 Å². The van der Waals surface area contributed by atoms with Crippen LogP contribution in [0.4, 0.5) is 5.13 Å². The summed E-state index contributed by atoms with van der Waals surface area (Å²) in [5.41, 5.74) is 5.53. The maximum atomic E-state index is 4.43. The fourth-order valence-corrected chi connectivity index (χ4v) is 2.22. The molecule has 0 amide bonds. The van der Waals surface area contributed by atoms with E-state index in [0.717, 1.165) is 22.1 Å². The van der Waals surface area contributed by atoms with E-state index in [9.17, 15) is 0 Å². The number of hydrogen-bond donors (Lipinski definition) is 1. The monoisotopic (exact) mass is 281 g/mol. The number of nitrogens with zero attached hydrogens (tertiary/aromatic N) is 4. The Morgan fingerprint density at radius 3 is 2.90 bits per heavy atom. The summed E-state index contributed by atoms with van der Waals surface area (Å²) in [5.74, 6) is 0. The molecule has 5 nitrogen and oxygen atoms in total. The number of nitrogens with one attached hydrogen (secondary N) is 1. The Morgan fingerprint density at radius 2 is 2.10 bits per heavy atom. The molecule has 98 valence electrons. The normalized spacial score (nSPS) is 10.8. The molecular formula is C14H11N5S. The van der Waals surface area contributed by atoms with E-state index in [0.29, 0.717) is 0 Å². The molecule has 0 aliphatic carbocycles. The molecule has 0 aliphatic rings. The third-order valence-electron chi connectivity index (χ3n) is 2.49. The summed E-state index contributed by atoms with van der Waals surface area (Å²) in [6.07, 6.45) is 6.92. The van der Waals surface area contributed by atoms with Crippen molar-refractivity contribution in [1.29, 1.82) is 0 Å². The largest absolute Gasteiger partial charge is 0.264 e. The molecule has 0 spiro atoms. The summed E-state index contributed by atoms with van der Waals surface area (Å²) in [6, 6.07) is 9.55. The van der Waals surface area contributed by atoms with Gasteiger partial charge in [0, 0.05) is 29.5 Å². The van der Waals surface area contributed by atoms with Crippen LogP contribution >= 0.6 is 11.3 Å². The van der Waals surface area contributed by atoms with Crippen molar-refractivity contribution in [3.8, 4) is 11.4 Å². The molecule has 3 aromatic heterocycles. The summed E-state index contributed by atoms with van der Waals surface area (Å²) in [5, 5.41) is 6.81. The highest BCUT2D eigenvalue weighted by Crippen LogP contribution is 2.22. The lowest BCUT2D eigenvalue weighted by Crippen LogP contribution is -1.90. The van der Waals surface area contributed by atoms with Crippen LogP contribution in [0.3, 0.4) is 0 Å². The quantitative estimate of drug-likeness (QED) is 0.589. The van der Waals surface area contributed by atoms with Crippen LogP contribution in [0.1, 0.15) is 5.56 Å². The lowest BCUT2D eigenvalue weighted by molar-refractivity contribution is 1.25. The van der Waals surface area contributed by atoms with E-state index < -0.39 is 0 Å². The van der Waals surface area contributed by atoms with E-state index in [4.69, 9.17) is 0 Å². The van der Waals surface area contributed by atoms with Gasteiger partial charge in [0.2, 0.25) is 5.13 Å². The van der Waals surface area contributed by atoms with Crippen LogP contribution < -0.4 is 5.43 Å². The number of thiazole rings is 1. The first kappa shape index (κ1) is 12.4. The molecule has 0 saturated heterocycles. The van der Waals surface area contributed by atoms with E-state index in [2.05, 4.69) is 25.5 Å². The third-order valence-corrected chi connectivity index (χ3v) is 3.24. The molecule has 0 unspecified atom stereocenters. The molecule has 0 saturated carbocycles. The van der Waals surface area contributed by atoms with E-state index in [1.807, 2.05) is 35.7 Å². The van der Waals surface area contributed by atoms with Crippen molar-refractivity contribution in [1.82, 2.24) is 15.0 Å². The van der Waals surface area contributed by atoms with Gasteiger partial charge < -0.3 is 0 Å². The molecule has 3 rings (SSSR count). The Morgan fingerprint density at radius 1 is 1.10 bits per heavy atom. The van der Waals surface area contributed by atoms with Gasteiger partial charge in [0.15, 0.2) is 0 Å². The van der Waals surface area contributed by atoms with Gasteiger partial charge in [0.1, 0.15) is 5.69 Å². The zero-order valence-corrected chi connectivity index (χ0v) is 11.3. The Labute approximate surface area is 120 Å². The van der Waals surface area contributed by atoms with Gasteiger partial charge >= 0.3 is 0 Å². The predicted octanol–water partition coefficient (Wildman–Crippen LogP) is 3.05. The lowest BCUT2D eigenvalue weighted by Gasteiger charge is -1.94. The van der Waals surface area contributed by atoms with Gasteiger partial charge in [-0.3, -0.25) is 15.4 Å². The standard InChI is InChI=1S/C14H11N5S/c1-2-7-16-12(5-1)13-10-20-14(18-13)19-17-9-11-4-3-6-15-8-11/h1-10H,(H,18,19)/b17-9-. The molecule has 0 fully saturated rings. The highest BCUT2D eigenvalue weighted by atomic mass is 32.1. The van der Waals surface area contributed by atoms with Crippen molar-refractivity contribution in [3.05, 3.63) is 59.9 Å². The number of aromatic nitrogens is 3. The summed E-state index contributed by atoms with van der Waals surface area (Å²) in [7, 11) is 0.